The first kappa shape index (κ1) is 15.7. The average Bonchev–Trinajstić information content (AvgIpc) is 2.36. The normalized spacial score (nSPS) is 21.8. The minimum Gasteiger partial charge on any atom is -0.502 e. The van der Waals surface area contributed by atoms with Gasteiger partial charge in [0, 0.05) is 18.7 Å². The Morgan fingerprint density at radius 3 is 2.71 bits per heavy atom. The molecule has 0 saturated heterocycles. The predicted octanol–water partition coefficient (Wildman–Crippen LogP) is 1.15. The molecule has 0 unspecified atom stereocenters. The van der Waals surface area contributed by atoms with Crippen LogP contribution in [0.15, 0.2) is 23.1 Å². The number of nitro groups is 1. The number of nitrogens with zero attached hydrogens (tertiary/aromatic N) is 1. The standard InChI is InChI=1S/C12H16N2O6S/c1-2-20-9-5-8(6-9)13-21(18,19)10-3-4-12(15)11(7-10)14(16)17/h3-4,7-9,13,15H,2,5-6H2,1H3. The van der Waals surface area contributed by atoms with Crippen LogP contribution in [-0.2, 0) is 14.8 Å². The maximum atomic E-state index is 12.1. The third kappa shape index (κ3) is 3.49. The Morgan fingerprint density at radius 1 is 1.48 bits per heavy atom. The van der Waals surface area contributed by atoms with E-state index < -0.39 is 26.4 Å². The molecule has 116 valence electrons. The van der Waals surface area contributed by atoms with E-state index in [9.17, 15) is 23.6 Å². The number of phenolic OH excluding ortho intramolecular Hbond substituents is 1. The van der Waals surface area contributed by atoms with E-state index in [1.807, 2.05) is 6.92 Å². The predicted molar refractivity (Wildman–Crippen MR) is 73.5 cm³/mol. The summed E-state index contributed by atoms with van der Waals surface area (Å²) in [4.78, 5) is 9.64. The number of benzene rings is 1. The van der Waals surface area contributed by atoms with E-state index in [4.69, 9.17) is 4.74 Å². The summed E-state index contributed by atoms with van der Waals surface area (Å²) in [5, 5.41) is 20.0. The van der Waals surface area contributed by atoms with Gasteiger partial charge in [-0.3, -0.25) is 10.1 Å². The van der Waals surface area contributed by atoms with Crippen LogP contribution in [0, 0.1) is 10.1 Å². The number of hydrogen-bond acceptors (Lipinski definition) is 6. The molecular weight excluding hydrogens is 300 g/mol. The lowest BCUT2D eigenvalue weighted by Gasteiger charge is -2.35. The number of rotatable bonds is 6. The van der Waals surface area contributed by atoms with Crippen molar-refractivity contribution < 1.29 is 23.2 Å². The fourth-order valence-electron chi connectivity index (χ4n) is 2.14. The van der Waals surface area contributed by atoms with Crippen LogP contribution < -0.4 is 4.72 Å². The molecule has 0 bridgehead atoms. The van der Waals surface area contributed by atoms with Gasteiger partial charge in [-0.1, -0.05) is 0 Å². The summed E-state index contributed by atoms with van der Waals surface area (Å²) >= 11 is 0. The van der Waals surface area contributed by atoms with Crippen LogP contribution in [0.4, 0.5) is 5.69 Å². The lowest BCUT2D eigenvalue weighted by molar-refractivity contribution is -0.386. The van der Waals surface area contributed by atoms with E-state index in [2.05, 4.69) is 4.72 Å². The highest BCUT2D eigenvalue weighted by atomic mass is 32.2. The monoisotopic (exact) mass is 316 g/mol. The summed E-state index contributed by atoms with van der Waals surface area (Å²) in [6.45, 7) is 2.45. The summed E-state index contributed by atoms with van der Waals surface area (Å²) in [6.07, 6.45) is 1.21. The van der Waals surface area contributed by atoms with E-state index in [-0.39, 0.29) is 17.0 Å². The average molecular weight is 316 g/mol. The van der Waals surface area contributed by atoms with Crippen molar-refractivity contribution in [2.24, 2.45) is 0 Å². The number of aromatic hydroxyl groups is 1. The Balaban J connectivity index is 2.10. The van der Waals surface area contributed by atoms with Gasteiger partial charge in [0.25, 0.3) is 0 Å². The van der Waals surface area contributed by atoms with Gasteiger partial charge in [-0.15, -0.1) is 0 Å². The number of hydrogen-bond donors (Lipinski definition) is 2. The maximum Gasteiger partial charge on any atom is 0.312 e. The molecule has 0 aromatic heterocycles. The summed E-state index contributed by atoms with van der Waals surface area (Å²) in [7, 11) is -3.85. The third-order valence-corrected chi connectivity index (χ3v) is 4.79. The Labute approximate surface area is 121 Å². The zero-order chi connectivity index (χ0) is 15.6. The molecule has 2 rings (SSSR count). The summed E-state index contributed by atoms with van der Waals surface area (Å²) in [5.74, 6) is -0.570. The number of nitro benzene ring substituents is 1. The molecule has 8 nitrogen and oxygen atoms in total. The van der Waals surface area contributed by atoms with Crippen LogP contribution in [0.25, 0.3) is 0 Å². The molecule has 0 radical (unpaired) electrons. The van der Waals surface area contributed by atoms with E-state index in [1.165, 1.54) is 0 Å². The molecule has 9 heteroatoms. The molecule has 1 aromatic rings. The molecule has 0 aliphatic heterocycles. The summed E-state index contributed by atoms with van der Waals surface area (Å²) < 4.78 is 32.1. The van der Waals surface area contributed by atoms with Gasteiger partial charge >= 0.3 is 5.69 Å². The molecule has 0 amide bonds. The second-order valence-corrected chi connectivity index (χ2v) is 6.49. The lowest BCUT2D eigenvalue weighted by Crippen LogP contribution is -2.47. The van der Waals surface area contributed by atoms with Crippen molar-refractivity contribution in [1.29, 1.82) is 0 Å². The number of phenols is 1. The number of sulfonamides is 1. The van der Waals surface area contributed by atoms with E-state index in [1.54, 1.807) is 0 Å². The van der Waals surface area contributed by atoms with Gasteiger partial charge in [0.05, 0.1) is 15.9 Å². The van der Waals surface area contributed by atoms with Crippen molar-refractivity contribution in [1.82, 2.24) is 4.72 Å². The molecule has 1 aliphatic rings. The van der Waals surface area contributed by atoms with Crippen LogP contribution >= 0.6 is 0 Å². The third-order valence-electron chi connectivity index (χ3n) is 3.27. The van der Waals surface area contributed by atoms with Crippen molar-refractivity contribution in [3.8, 4) is 5.75 Å². The molecule has 0 atom stereocenters. The quantitative estimate of drug-likeness (QED) is 0.600. The van der Waals surface area contributed by atoms with Gasteiger partial charge in [0.2, 0.25) is 10.0 Å². The second-order valence-electron chi connectivity index (χ2n) is 4.77. The fourth-order valence-corrected chi connectivity index (χ4v) is 3.42. The van der Waals surface area contributed by atoms with Crippen molar-refractivity contribution in [3.05, 3.63) is 28.3 Å². The number of ether oxygens (including phenoxy) is 1. The first-order valence-corrected chi connectivity index (χ1v) is 7.93. The van der Waals surface area contributed by atoms with Gasteiger partial charge in [0.1, 0.15) is 0 Å². The molecule has 21 heavy (non-hydrogen) atoms. The minimum atomic E-state index is -3.85. The highest BCUT2D eigenvalue weighted by Gasteiger charge is 2.33. The van der Waals surface area contributed by atoms with Crippen molar-refractivity contribution in [2.75, 3.05) is 6.61 Å². The van der Waals surface area contributed by atoms with Crippen molar-refractivity contribution >= 4 is 15.7 Å². The molecule has 1 aliphatic carbocycles. The Morgan fingerprint density at radius 2 is 2.14 bits per heavy atom. The summed E-state index contributed by atoms with van der Waals surface area (Å²) in [6, 6.07) is 2.73. The molecule has 1 saturated carbocycles. The van der Waals surface area contributed by atoms with E-state index in [0.717, 1.165) is 18.2 Å². The molecule has 2 N–H and O–H groups in total. The Hall–Kier alpha value is -1.71. The molecule has 1 aromatic carbocycles. The van der Waals surface area contributed by atoms with Gasteiger partial charge in [-0.25, -0.2) is 13.1 Å². The lowest BCUT2D eigenvalue weighted by atomic mass is 9.90. The molecular formula is C12H16N2O6S. The molecule has 0 spiro atoms. The molecule has 1 fully saturated rings. The SMILES string of the molecule is CCOC1CC(NS(=O)(=O)c2ccc(O)c([N+](=O)[O-])c2)C1. The minimum absolute atomic E-state index is 0.0526. The van der Waals surface area contributed by atoms with Gasteiger partial charge in [-0.2, -0.15) is 0 Å². The highest BCUT2D eigenvalue weighted by Crippen LogP contribution is 2.29. The second kappa shape index (κ2) is 5.96. The van der Waals surface area contributed by atoms with Crippen LogP contribution in [0.1, 0.15) is 19.8 Å². The number of nitrogens with one attached hydrogen (secondary N) is 1. The Kier molecular flexibility index (Phi) is 4.45. The first-order valence-electron chi connectivity index (χ1n) is 6.45. The van der Waals surface area contributed by atoms with Crippen LogP contribution in [-0.4, -0.2) is 37.2 Å². The van der Waals surface area contributed by atoms with Gasteiger partial charge < -0.3 is 9.84 Å². The summed E-state index contributed by atoms with van der Waals surface area (Å²) in [5.41, 5.74) is -0.640. The highest BCUT2D eigenvalue weighted by molar-refractivity contribution is 7.89. The van der Waals surface area contributed by atoms with Crippen LogP contribution in [0.5, 0.6) is 5.75 Å². The zero-order valence-corrected chi connectivity index (χ0v) is 12.2. The van der Waals surface area contributed by atoms with Crippen LogP contribution in [0.2, 0.25) is 0 Å². The maximum absolute atomic E-state index is 12.1. The van der Waals surface area contributed by atoms with Crippen LogP contribution in [0.3, 0.4) is 0 Å². The van der Waals surface area contributed by atoms with E-state index in [0.29, 0.717) is 19.4 Å². The first-order chi connectivity index (χ1) is 9.83. The Bertz CT molecular complexity index is 639. The smallest absolute Gasteiger partial charge is 0.312 e. The largest absolute Gasteiger partial charge is 0.502 e. The molecule has 0 heterocycles. The topological polar surface area (TPSA) is 119 Å². The van der Waals surface area contributed by atoms with Crippen molar-refractivity contribution in [2.45, 2.75) is 36.8 Å². The van der Waals surface area contributed by atoms with Crippen molar-refractivity contribution in [3.63, 3.8) is 0 Å². The van der Waals surface area contributed by atoms with Gasteiger partial charge in [0.15, 0.2) is 5.75 Å². The fraction of sp³-hybridized carbons (Fsp3) is 0.500. The van der Waals surface area contributed by atoms with E-state index >= 15 is 0 Å². The zero-order valence-electron chi connectivity index (χ0n) is 11.4. The van der Waals surface area contributed by atoms with Gasteiger partial charge in [-0.05, 0) is 31.9 Å².